The van der Waals surface area contributed by atoms with E-state index in [1.165, 1.54) is 5.82 Å². The van der Waals surface area contributed by atoms with E-state index < -0.39 is 7.60 Å². The number of rotatable bonds is 10. The Morgan fingerprint density at radius 3 is 2.57 bits per heavy atom. The van der Waals surface area contributed by atoms with E-state index in [1.54, 1.807) is 19.9 Å². The molecule has 2 atom stereocenters. The molecule has 0 aromatic carbocycles. The highest BCUT2D eigenvalue weighted by molar-refractivity contribution is 14.1. The van der Waals surface area contributed by atoms with Gasteiger partial charge >= 0.3 is 7.60 Å². The lowest BCUT2D eigenvalue weighted by Gasteiger charge is -2.26. The Hall–Kier alpha value is 0.540. The first-order chi connectivity index (χ1) is 10.1. The number of alkyl halides is 1. The highest BCUT2D eigenvalue weighted by Gasteiger charge is 2.22. The van der Waals surface area contributed by atoms with E-state index in [2.05, 4.69) is 22.6 Å². The van der Waals surface area contributed by atoms with Crippen molar-refractivity contribution in [1.29, 1.82) is 0 Å². The van der Waals surface area contributed by atoms with E-state index in [0.717, 1.165) is 36.7 Å². The normalized spacial score (nSPS) is 21.8. The van der Waals surface area contributed by atoms with Gasteiger partial charge in [-0.2, -0.15) is 0 Å². The highest BCUT2D eigenvalue weighted by atomic mass is 127. The zero-order valence-corrected chi connectivity index (χ0v) is 15.9. The van der Waals surface area contributed by atoms with Crippen molar-refractivity contribution in [3.8, 4) is 0 Å². The predicted octanol–water partition coefficient (Wildman–Crippen LogP) is 4.50. The molecule has 124 valence electrons. The summed E-state index contributed by atoms with van der Waals surface area (Å²) in [5.41, 5.74) is 0. The van der Waals surface area contributed by atoms with Crippen LogP contribution < -0.4 is 0 Å². The summed E-state index contributed by atoms with van der Waals surface area (Å²) in [5, 5.41) is 0. The Bertz CT molecular complexity index is 334. The van der Waals surface area contributed by atoms with Gasteiger partial charge in [-0.05, 0) is 45.6 Å². The van der Waals surface area contributed by atoms with Gasteiger partial charge in [0.2, 0.25) is 0 Å². The minimum absolute atomic E-state index is 0.126. The Morgan fingerprint density at radius 2 is 2.05 bits per heavy atom. The fourth-order valence-electron chi connectivity index (χ4n) is 2.02. The first-order valence-electron chi connectivity index (χ1n) is 7.54. The van der Waals surface area contributed by atoms with Crippen molar-refractivity contribution in [2.24, 2.45) is 0 Å². The van der Waals surface area contributed by atoms with Gasteiger partial charge in [0.15, 0.2) is 6.29 Å². The lowest BCUT2D eigenvalue weighted by atomic mass is 10.2. The summed E-state index contributed by atoms with van der Waals surface area (Å²) in [4.78, 5) is 0. The molecule has 0 unspecified atom stereocenters. The molecule has 0 amide bonds. The molecule has 0 aromatic heterocycles. The minimum Gasteiger partial charge on any atom is -0.353 e. The lowest BCUT2D eigenvalue weighted by Crippen LogP contribution is -2.27. The van der Waals surface area contributed by atoms with E-state index in [4.69, 9.17) is 18.5 Å². The first kappa shape index (κ1) is 19.6. The Balaban J connectivity index is 2.61. The minimum atomic E-state index is -3.15. The largest absolute Gasteiger partial charge is 0.353 e. The summed E-state index contributed by atoms with van der Waals surface area (Å²) in [6.07, 6.45) is 5.49. The second kappa shape index (κ2) is 11.1. The van der Waals surface area contributed by atoms with Crippen LogP contribution in [-0.2, 0) is 23.1 Å². The molecule has 0 spiro atoms. The summed E-state index contributed by atoms with van der Waals surface area (Å²) >= 11 is 2.30. The number of hydrogen-bond acceptors (Lipinski definition) is 5. The third kappa shape index (κ3) is 8.09. The fraction of sp³-hybridized carbons (Fsp3) is 0.857. The second-order valence-electron chi connectivity index (χ2n) is 4.67. The molecular formula is C14H26IO5P. The molecule has 1 rings (SSSR count). The van der Waals surface area contributed by atoms with Gasteiger partial charge in [-0.3, -0.25) is 4.57 Å². The van der Waals surface area contributed by atoms with Crippen LogP contribution in [0.3, 0.4) is 0 Å². The zero-order chi connectivity index (χ0) is 15.6. The molecule has 0 aromatic rings. The van der Waals surface area contributed by atoms with E-state index in [9.17, 15) is 4.57 Å². The van der Waals surface area contributed by atoms with Crippen LogP contribution in [-0.4, -0.2) is 36.6 Å². The van der Waals surface area contributed by atoms with Crippen LogP contribution in [0.15, 0.2) is 11.9 Å². The quantitative estimate of drug-likeness (QED) is 0.289. The van der Waals surface area contributed by atoms with Crippen LogP contribution in [0.25, 0.3) is 0 Å². The SMILES string of the molecule is CCOP(=O)(/C=C/[C@H](CCI)O[C@@H]1CCCCO1)OCC. The Morgan fingerprint density at radius 1 is 1.33 bits per heavy atom. The maximum absolute atomic E-state index is 12.4. The van der Waals surface area contributed by atoms with Crippen LogP contribution in [0.5, 0.6) is 0 Å². The molecule has 0 N–H and O–H groups in total. The van der Waals surface area contributed by atoms with Crippen molar-refractivity contribution in [1.82, 2.24) is 0 Å². The van der Waals surface area contributed by atoms with Crippen molar-refractivity contribution < 1.29 is 23.1 Å². The molecule has 0 bridgehead atoms. The third-order valence-electron chi connectivity index (χ3n) is 2.96. The average Bonchev–Trinajstić information content (AvgIpc) is 2.47. The molecule has 1 aliphatic rings. The Labute approximate surface area is 141 Å². The van der Waals surface area contributed by atoms with E-state index in [-0.39, 0.29) is 12.4 Å². The van der Waals surface area contributed by atoms with Crippen LogP contribution in [0.1, 0.15) is 39.5 Å². The summed E-state index contributed by atoms with van der Waals surface area (Å²) in [5.74, 6) is 1.53. The number of ether oxygens (including phenoxy) is 2. The molecule has 7 heteroatoms. The summed E-state index contributed by atoms with van der Waals surface area (Å²) in [7, 11) is -3.15. The van der Waals surface area contributed by atoms with Gasteiger partial charge < -0.3 is 18.5 Å². The highest BCUT2D eigenvalue weighted by Crippen LogP contribution is 2.49. The van der Waals surface area contributed by atoms with Gasteiger partial charge in [-0.1, -0.05) is 22.6 Å². The van der Waals surface area contributed by atoms with E-state index in [1.807, 2.05) is 0 Å². The van der Waals surface area contributed by atoms with Crippen molar-refractivity contribution >= 4 is 30.2 Å². The van der Waals surface area contributed by atoms with Crippen LogP contribution in [0.2, 0.25) is 0 Å². The molecular weight excluding hydrogens is 406 g/mol. The van der Waals surface area contributed by atoms with E-state index >= 15 is 0 Å². The standard InChI is InChI=1S/C14H26IO5P/c1-3-18-21(16,19-4-2)12-9-13(8-10-15)20-14-7-5-6-11-17-14/h9,12-14H,3-8,10-11H2,1-2H3/b12-9+/t13-,14+/m0/s1. The van der Waals surface area contributed by atoms with Crippen molar-refractivity contribution in [2.45, 2.75) is 51.9 Å². The monoisotopic (exact) mass is 432 g/mol. The van der Waals surface area contributed by atoms with Crippen molar-refractivity contribution in [3.63, 3.8) is 0 Å². The molecule has 0 saturated carbocycles. The average molecular weight is 432 g/mol. The third-order valence-corrected chi connectivity index (χ3v) is 5.36. The lowest BCUT2D eigenvalue weighted by molar-refractivity contribution is -0.178. The molecule has 1 saturated heterocycles. The van der Waals surface area contributed by atoms with Crippen molar-refractivity contribution in [2.75, 3.05) is 24.2 Å². The summed E-state index contributed by atoms with van der Waals surface area (Å²) < 4.78 is 35.4. The van der Waals surface area contributed by atoms with Crippen LogP contribution in [0, 0.1) is 0 Å². The van der Waals surface area contributed by atoms with Gasteiger partial charge in [0, 0.05) is 16.9 Å². The fourth-order valence-corrected chi connectivity index (χ4v) is 4.00. The number of halogens is 1. The summed E-state index contributed by atoms with van der Waals surface area (Å²) in [6, 6.07) is 0. The Kier molecular flexibility index (Phi) is 10.4. The predicted molar refractivity (Wildman–Crippen MR) is 92.0 cm³/mol. The summed E-state index contributed by atoms with van der Waals surface area (Å²) in [6.45, 7) is 5.06. The molecule has 1 heterocycles. The smallest absolute Gasteiger partial charge is 0.353 e. The van der Waals surface area contributed by atoms with Gasteiger partial charge in [-0.15, -0.1) is 0 Å². The van der Waals surface area contributed by atoms with Gasteiger partial charge in [-0.25, -0.2) is 0 Å². The topological polar surface area (TPSA) is 54.0 Å². The molecule has 0 aliphatic carbocycles. The first-order valence-corrected chi connectivity index (χ1v) is 10.7. The molecule has 1 fully saturated rings. The number of hydrogen-bond donors (Lipinski definition) is 0. The van der Waals surface area contributed by atoms with Gasteiger partial charge in [0.1, 0.15) is 0 Å². The van der Waals surface area contributed by atoms with Gasteiger partial charge in [0.05, 0.1) is 19.3 Å². The van der Waals surface area contributed by atoms with Crippen LogP contribution in [0.4, 0.5) is 0 Å². The molecule has 1 aliphatic heterocycles. The second-order valence-corrected chi connectivity index (χ2v) is 7.64. The van der Waals surface area contributed by atoms with Crippen molar-refractivity contribution in [3.05, 3.63) is 11.9 Å². The molecule has 0 radical (unpaired) electrons. The zero-order valence-electron chi connectivity index (χ0n) is 12.8. The molecule has 21 heavy (non-hydrogen) atoms. The molecule has 5 nitrogen and oxygen atoms in total. The van der Waals surface area contributed by atoms with Crippen LogP contribution >= 0.6 is 30.2 Å². The maximum Gasteiger partial charge on any atom is 0.353 e. The van der Waals surface area contributed by atoms with Gasteiger partial charge in [0.25, 0.3) is 0 Å². The van der Waals surface area contributed by atoms with E-state index in [0.29, 0.717) is 13.2 Å². The maximum atomic E-state index is 12.4.